The van der Waals surface area contributed by atoms with E-state index in [4.69, 9.17) is 0 Å². The van der Waals surface area contributed by atoms with Crippen LogP contribution in [0.3, 0.4) is 0 Å². The summed E-state index contributed by atoms with van der Waals surface area (Å²) in [6.07, 6.45) is 1.60. The van der Waals surface area contributed by atoms with Crippen LogP contribution < -0.4 is 0 Å². The average molecular weight is 399 g/mol. The number of thiazole rings is 1. The number of aryl methyl sites for hydroxylation is 2. The summed E-state index contributed by atoms with van der Waals surface area (Å²) in [4.78, 5) is 21.3. The monoisotopic (exact) mass is 398 g/mol. The normalized spacial score (nSPS) is 19.2. The van der Waals surface area contributed by atoms with Crippen LogP contribution in [0.4, 0.5) is 0 Å². The number of sulfone groups is 1. The third-order valence-corrected chi connectivity index (χ3v) is 8.09. The summed E-state index contributed by atoms with van der Waals surface area (Å²) < 4.78 is 23.4. The highest BCUT2D eigenvalue weighted by molar-refractivity contribution is 7.91. The zero-order valence-electron chi connectivity index (χ0n) is 14.4. The van der Waals surface area contributed by atoms with Crippen molar-refractivity contribution in [3.8, 4) is 10.6 Å². The standard InChI is InChI=1S/C17H22N2O3S3/c1-3-19(13-8-10-25(21,22)11-13)16(20)7-6-15-17(18-12(2)24-15)14-5-4-9-23-14/h4-5,9,13H,3,6-8,10-11H2,1-2H3/t13-/m0/s1. The average Bonchev–Trinajstić information content (AvgIpc) is 3.26. The van der Waals surface area contributed by atoms with E-state index in [2.05, 4.69) is 4.98 Å². The molecule has 0 saturated carbocycles. The van der Waals surface area contributed by atoms with E-state index in [1.807, 2.05) is 31.4 Å². The molecule has 2 aromatic heterocycles. The summed E-state index contributed by atoms with van der Waals surface area (Å²) in [5, 5.41) is 3.03. The number of rotatable bonds is 6. The Balaban J connectivity index is 1.68. The summed E-state index contributed by atoms with van der Waals surface area (Å²) in [5.41, 5.74) is 0.983. The highest BCUT2D eigenvalue weighted by atomic mass is 32.2. The van der Waals surface area contributed by atoms with E-state index in [1.54, 1.807) is 27.6 Å². The molecule has 0 N–H and O–H groups in total. The Morgan fingerprint density at radius 1 is 1.44 bits per heavy atom. The smallest absolute Gasteiger partial charge is 0.223 e. The van der Waals surface area contributed by atoms with Crippen molar-refractivity contribution < 1.29 is 13.2 Å². The molecule has 0 bridgehead atoms. The number of thiophene rings is 1. The maximum Gasteiger partial charge on any atom is 0.223 e. The molecule has 3 heterocycles. The van der Waals surface area contributed by atoms with Crippen molar-refractivity contribution >= 4 is 38.4 Å². The van der Waals surface area contributed by atoms with Gasteiger partial charge in [-0.05, 0) is 38.1 Å². The van der Waals surface area contributed by atoms with E-state index in [0.717, 1.165) is 20.5 Å². The minimum Gasteiger partial charge on any atom is -0.339 e. The lowest BCUT2D eigenvalue weighted by atomic mass is 10.1. The molecule has 0 aliphatic carbocycles. The molecule has 136 valence electrons. The van der Waals surface area contributed by atoms with Crippen molar-refractivity contribution in [2.24, 2.45) is 0 Å². The molecule has 25 heavy (non-hydrogen) atoms. The Morgan fingerprint density at radius 3 is 2.84 bits per heavy atom. The second-order valence-electron chi connectivity index (χ2n) is 6.22. The van der Waals surface area contributed by atoms with Gasteiger partial charge in [0, 0.05) is 23.9 Å². The molecular formula is C17H22N2O3S3. The largest absolute Gasteiger partial charge is 0.339 e. The van der Waals surface area contributed by atoms with Crippen LogP contribution in [-0.2, 0) is 21.1 Å². The van der Waals surface area contributed by atoms with Crippen molar-refractivity contribution in [2.75, 3.05) is 18.1 Å². The van der Waals surface area contributed by atoms with Gasteiger partial charge in [0.1, 0.15) is 0 Å². The van der Waals surface area contributed by atoms with E-state index < -0.39 is 9.84 Å². The fraction of sp³-hybridized carbons (Fsp3) is 0.529. The maximum absolute atomic E-state index is 12.7. The molecule has 1 amide bonds. The second kappa shape index (κ2) is 7.55. The lowest BCUT2D eigenvalue weighted by Gasteiger charge is -2.26. The van der Waals surface area contributed by atoms with Gasteiger partial charge in [0.05, 0.1) is 27.1 Å². The zero-order valence-corrected chi connectivity index (χ0v) is 16.8. The van der Waals surface area contributed by atoms with Gasteiger partial charge in [-0.2, -0.15) is 0 Å². The Hall–Kier alpha value is -1.25. The minimum atomic E-state index is -2.98. The molecule has 5 nitrogen and oxygen atoms in total. The fourth-order valence-corrected chi connectivity index (χ4v) is 6.75. The van der Waals surface area contributed by atoms with Crippen LogP contribution in [0.2, 0.25) is 0 Å². The highest BCUT2D eigenvalue weighted by Crippen LogP contribution is 2.32. The maximum atomic E-state index is 12.7. The molecule has 1 atom stereocenters. The SMILES string of the molecule is CCN(C(=O)CCc1sc(C)nc1-c1cccs1)[C@H]1CCS(=O)(=O)C1. The van der Waals surface area contributed by atoms with Crippen molar-refractivity contribution in [3.05, 3.63) is 27.4 Å². The van der Waals surface area contributed by atoms with Crippen LogP contribution in [0.15, 0.2) is 17.5 Å². The van der Waals surface area contributed by atoms with E-state index in [-0.39, 0.29) is 23.5 Å². The molecule has 0 radical (unpaired) electrons. The van der Waals surface area contributed by atoms with Crippen molar-refractivity contribution in [1.82, 2.24) is 9.88 Å². The molecule has 1 aliphatic rings. The molecule has 0 aromatic carbocycles. The third-order valence-electron chi connectivity index (χ3n) is 4.43. The molecular weight excluding hydrogens is 376 g/mol. The van der Waals surface area contributed by atoms with E-state index in [9.17, 15) is 13.2 Å². The molecule has 1 aliphatic heterocycles. The fourth-order valence-electron chi connectivity index (χ4n) is 3.27. The number of amides is 1. The van der Waals surface area contributed by atoms with Gasteiger partial charge < -0.3 is 4.90 Å². The molecule has 0 unspecified atom stereocenters. The van der Waals surface area contributed by atoms with E-state index in [1.165, 1.54) is 0 Å². The molecule has 0 spiro atoms. The highest BCUT2D eigenvalue weighted by Gasteiger charge is 2.33. The van der Waals surface area contributed by atoms with Crippen LogP contribution in [0.25, 0.3) is 10.6 Å². The Morgan fingerprint density at radius 2 is 2.24 bits per heavy atom. The Kier molecular flexibility index (Phi) is 5.60. The molecule has 1 fully saturated rings. The predicted molar refractivity (Wildman–Crippen MR) is 103 cm³/mol. The summed E-state index contributed by atoms with van der Waals surface area (Å²) in [7, 11) is -2.98. The zero-order chi connectivity index (χ0) is 18.0. The van der Waals surface area contributed by atoms with Crippen LogP contribution in [0, 0.1) is 6.92 Å². The first-order valence-corrected chi connectivity index (χ1v) is 11.9. The van der Waals surface area contributed by atoms with Crippen molar-refractivity contribution in [2.45, 2.75) is 39.2 Å². The van der Waals surface area contributed by atoms with Crippen LogP contribution >= 0.6 is 22.7 Å². The van der Waals surface area contributed by atoms with Gasteiger partial charge in [-0.3, -0.25) is 4.79 Å². The van der Waals surface area contributed by atoms with E-state index in [0.29, 0.717) is 25.8 Å². The van der Waals surface area contributed by atoms with Gasteiger partial charge in [-0.15, -0.1) is 22.7 Å². The van der Waals surface area contributed by atoms with Gasteiger partial charge in [-0.25, -0.2) is 13.4 Å². The molecule has 2 aromatic rings. The second-order valence-corrected chi connectivity index (χ2v) is 10.7. The first-order chi connectivity index (χ1) is 11.9. The van der Waals surface area contributed by atoms with Crippen molar-refractivity contribution in [1.29, 1.82) is 0 Å². The summed E-state index contributed by atoms with van der Waals surface area (Å²) in [6.45, 7) is 4.45. The Bertz CT molecular complexity index is 841. The van der Waals surface area contributed by atoms with Crippen molar-refractivity contribution in [3.63, 3.8) is 0 Å². The summed E-state index contributed by atoms with van der Waals surface area (Å²) in [6, 6.07) is 3.89. The van der Waals surface area contributed by atoms with Crippen LogP contribution in [0.5, 0.6) is 0 Å². The van der Waals surface area contributed by atoms with Gasteiger partial charge in [0.15, 0.2) is 9.84 Å². The molecule has 3 rings (SSSR count). The topological polar surface area (TPSA) is 67.3 Å². The number of hydrogen-bond donors (Lipinski definition) is 0. The Labute approximate surface area is 156 Å². The van der Waals surface area contributed by atoms with Gasteiger partial charge >= 0.3 is 0 Å². The number of aromatic nitrogens is 1. The lowest BCUT2D eigenvalue weighted by molar-refractivity contribution is -0.132. The third kappa shape index (κ3) is 4.30. The number of carbonyl (C=O) groups excluding carboxylic acids is 1. The quantitative estimate of drug-likeness (QED) is 0.750. The van der Waals surface area contributed by atoms with Gasteiger partial charge in [0.25, 0.3) is 0 Å². The lowest BCUT2D eigenvalue weighted by Crippen LogP contribution is -2.41. The number of carbonyl (C=O) groups is 1. The molecule has 1 saturated heterocycles. The first-order valence-electron chi connectivity index (χ1n) is 8.39. The minimum absolute atomic E-state index is 0.0350. The summed E-state index contributed by atoms with van der Waals surface area (Å²) in [5.74, 6) is 0.331. The van der Waals surface area contributed by atoms with Gasteiger partial charge in [0.2, 0.25) is 5.91 Å². The van der Waals surface area contributed by atoms with E-state index >= 15 is 0 Å². The predicted octanol–water partition coefficient (Wildman–Crippen LogP) is 3.15. The van der Waals surface area contributed by atoms with Crippen LogP contribution in [-0.4, -0.2) is 48.3 Å². The van der Waals surface area contributed by atoms with Gasteiger partial charge in [-0.1, -0.05) is 6.07 Å². The molecule has 8 heteroatoms. The first kappa shape index (κ1) is 18.5. The number of nitrogens with zero attached hydrogens (tertiary/aromatic N) is 2. The summed E-state index contributed by atoms with van der Waals surface area (Å²) >= 11 is 3.29. The number of hydrogen-bond acceptors (Lipinski definition) is 6. The van der Waals surface area contributed by atoms with Crippen LogP contribution in [0.1, 0.15) is 29.7 Å².